The molecule has 0 atom stereocenters. The summed E-state index contributed by atoms with van der Waals surface area (Å²) in [6.07, 6.45) is 11.4. The summed E-state index contributed by atoms with van der Waals surface area (Å²) in [6, 6.07) is 9.05. The van der Waals surface area contributed by atoms with Crippen LogP contribution >= 0.6 is 0 Å². The van der Waals surface area contributed by atoms with Crippen LogP contribution < -0.4 is 5.32 Å². The van der Waals surface area contributed by atoms with E-state index in [0.717, 1.165) is 5.69 Å². The molecule has 0 spiro atoms. The largest absolute Gasteiger partial charge is 0.382 e. The molecule has 1 aliphatic carbocycles. The molecule has 1 aromatic carbocycles. The van der Waals surface area contributed by atoms with Crippen LogP contribution in [0.2, 0.25) is 0 Å². The molecule has 1 heterocycles. The summed E-state index contributed by atoms with van der Waals surface area (Å²) in [4.78, 5) is 3.96. The topological polar surface area (TPSA) is 42.7 Å². The first kappa shape index (κ1) is 12.2. The van der Waals surface area contributed by atoms with E-state index >= 15 is 0 Å². The lowest BCUT2D eigenvalue weighted by atomic mass is 10.1. The van der Waals surface area contributed by atoms with Crippen molar-refractivity contribution >= 4 is 5.69 Å². The van der Waals surface area contributed by atoms with Gasteiger partial charge in [-0.05, 0) is 37.1 Å². The fourth-order valence-corrected chi connectivity index (χ4v) is 2.71. The number of anilines is 1. The second-order valence-corrected chi connectivity index (χ2v) is 5.22. The molecule has 0 unspecified atom stereocenters. The minimum atomic E-state index is 0.639. The van der Waals surface area contributed by atoms with Gasteiger partial charge in [0, 0.05) is 11.7 Å². The molecule has 4 heteroatoms. The van der Waals surface area contributed by atoms with Crippen LogP contribution in [0.15, 0.2) is 36.9 Å². The fourth-order valence-electron chi connectivity index (χ4n) is 2.71. The van der Waals surface area contributed by atoms with E-state index in [1.165, 1.54) is 44.2 Å². The van der Waals surface area contributed by atoms with Crippen molar-refractivity contribution in [2.75, 3.05) is 5.32 Å². The zero-order chi connectivity index (χ0) is 12.9. The van der Waals surface area contributed by atoms with Gasteiger partial charge in [0.1, 0.15) is 12.7 Å². The van der Waals surface area contributed by atoms with Crippen molar-refractivity contribution in [1.82, 2.24) is 14.8 Å². The summed E-state index contributed by atoms with van der Waals surface area (Å²) in [7, 11) is 0. The average molecular weight is 256 g/mol. The van der Waals surface area contributed by atoms with Crippen molar-refractivity contribution in [1.29, 1.82) is 0 Å². The highest BCUT2D eigenvalue weighted by Crippen LogP contribution is 2.21. The Kier molecular flexibility index (Phi) is 3.77. The third-order valence-corrected chi connectivity index (χ3v) is 3.78. The summed E-state index contributed by atoms with van der Waals surface area (Å²) in [6.45, 7) is 0. The maximum atomic E-state index is 4.13. The Labute approximate surface area is 113 Å². The number of nitrogens with one attached hydrogen (secondary N) is 1. The molecule has 0 bridgehead atoms. The number of benzene rings is 1. The molecule has 4 nitrogen and oxygen atoms in total. The SMILES string of the molecule is c1ncn(-c2ccc(NC3CCCCCC3)cc2)n1. The van der Waals surface area contributed by atoms with E-state index in [1.807, 2.05) is 0 Å². The molecule has 19 heavy (non-hydrogen) atoms. The third kappa shape index (κ3) is 3.13. The average Bonchev–Trinajstić information content (AvgIpc) is 2.86. The second kappa shape index (κ2) is 5.87. The van der Waals surface area contributed by atoms with Gasteiger partial charge in [0.2, 0.25) is 0 Å². The molecule has 1 saturated carbocycles. The molecule has 3 rings (SSSR count). The molecular formula is C15H20N4. The minimum Gasteiger partial charge on any atom is -0.382 e. The zero-order valence-corrected chi connectivity index (χ0v) is 11.1. The molecule has 1 aromatic heterocycles. The van der Waals surface area contributed by atoms with Crippen molar-refractivity contribution in [3.05, 3.63) is 36.9 Å². The van der Waals surface area contributed by atoms with Crippen LogP contribution in [-0.2, 0) is 0 Å². The van der Waals surface area contributed by atoms with Crippen LogP contribution in [0.25, 0.3) is 5.69 Å². The van der Waals surface area contributed by atoms with Gasteiger partial charge in [-0.25, -0.2) is 9.67 Å². The number of hydrogen-bond donors (Lipinski definition) is 1. The summed E-state index contributed by atoms with van der Waals surface area (Å²) in [5, 5.41) is 7.78. The summed E-state index contributed by atoms with van der Waals surface area (Å²) in [5.41, 5.74) is 2.25. The lowest BCUT2D eigenvalue weighted by Crippen LogP contribution is -2.18. The maximum Gasteiger partial charge on any atom is 0.138 e. The predicted octanol–water partition coefficient (Wildman–Crippen LogP) is 3.40. The molecule has 0 radical (unpaired) electrons. The first-order chi connectivity index (χ1) is 9.42. The highest BCUT2D eigenvalue weighted by Gasteiger charge is 2.11. The van der Waals surface area contributed by atoms with Gasteiger partial charge in [-0.15, -0.1) is 0 Å². The maximum absolute atomic E-state index is 4.13. The predicted molar refractivity (Wildman–Crippen MR) is 76.5 cm³/mol. The lowest BCUT2D eigenvalue weighted by Gasteiger charge is -2.17. The van der Waals surface area contributed by atoms with Crippen molar-refractivity contribution in [3.63, 3.8) is 0 Å². The van der Waals surface area contributed by atoms with E-state index in [-0.39, 0.29) is 0 Å². The Morgan fingerprint density at radius 2 is 1.74 bits per heavy atom. The second-order valence-electron chi connectivity index (χ2n) is 5.22. The minimum absolute atomic E-state index is 0.639. The van der Waals surface area contributed by atoms with Crippen LogP contribution in [0, 0.1) is 0 Å². The molecule has 0 aliphatic heterocycles. The van der Waals surface area contributed by atoms with Crippen LogP contribution in [0.5, 0.6) is 0 Å². The van der Waals surface area contributed by atoms with Crippen LogP contribution in [0.4, 0.5) is 5.69 Å². The first-order valence-electron chi connectivity index (χ1n) is 7.13. The fraction of sp³-hybridized carbons (Fsp3) is 0.467. The molecular weight excluding hydrogens is 236 g/mol. The van der Waals surface area contributed by atoms with Crippen LogP contribution in [0.3, 0.4) is 0 Å². The van der Waals surface area contributed by atoms with E-state index in [0.29, 0.717) is 6.04 Å². The van der Waals surface area contributed by atoms with Gasteiger partial charge in [0.25, 0.3) is 0 Å². The van der Waals surface area contributed by atoms with Crippen LogP contribution in [-0.4, -0.2) is 20.8 Å². The van der Waals surface area contributed by atoms with E-state index in [1.54, 1.807) is 17.3 Å². The summed E-state index contributed by atoms with van der Waals surface area (Å²) >= 11 is 0. The molecule has 0 saturated heterocycles. The zero-order valence-electron chi connectivity index (χ0n) is 11.1. The Morgan fingerprint density at radius 1 is 1.00 bits per heavy atom. The van der Waals surface area contributed by atoms with Gasteiger partial charge < -0.3 is 5.32 Å². The molecule has 1 N–H and O–H groups in total. The third-order valence-electron chi connectivity index (χ3n) is 3.78. The van der Waals surface area contributed by atoms with E-state index in [4.69, 9.17) is 0 Å². The quantitative estimate of drug-likeness (QED) is 0.856. The molecule has 1 aliphatic rings. The molecule has 2 aromatic rings. The van der Waals surface area contributed by atoms with E-state index in [9.17, 15) is 0 Å². The van der Waals surface area contributed by atoms with E-state index in [2.05, 4.69) is 39.7 Å². The Bertz CT molecular complexity index is 481. The van der Waals surface area contributed by atoms with Crippen molar-refractivity contribution in [2.24, 2.45) is 0 Å². The molecule has 0 amide bonds. The Hall–Kier alpha value is -1.84. The highest BCUT2D eigenvalue weighted by atomic mass is 15.3. The lowest BCUT2D eigenvalue weighted by molar-refractivity contribution is 0.620. The smallest absolute Gasteiger partial charge is 0.138 e. The number of rotatable bonds is 3. The Morgan fingerprint density at radius 3 is 2.37 bits per heavy atom. The van der Waals surface area contributed by atoms with Crippen molar-refractivity contribution < 1.29 is 0 Å². The van der Waals surface area contributed by atoms with Crippen molar-refractivity contribution in [3.8, 4) is 5.69 Å². The van der Waals surface area contributed by atoms with Gasteiger partial charge >= 0.3 is 0 Å². The van der Waals surface area contributed by atoms with Crippen molar-refractivity contribution in [2.45, 2.75) is 44.6 Å². The van der Waals surface area contributed by atoms with Gasteiger partial charge in [0.05, 0.1) is 5.69 Å². The monoisotopic (exact) mass is 256 g/mol. The number of hydrogen-bond acceptors (Lipinski definition) is 3. The number of nitrogens with zero attached hydrogens (tertiary/aromatic N) is 3. The van der Waals surface area contributed by atoms with Crippen LogP contribution in [0.1, 0.15) is 38.5 Å². The van der Waals surface area contributed by atoms with Gasteiger partial charge in [-0.1, -0.05) is 25.7 Å². The van der Waals surface area contributed by atoms with Gasteiger partial charge in [-0.3, -0.25) is 0 Å². The normalized spacial score (nSPS) is 17.1. The highest BCUT2D eigenvalue weighted by molar-refractivity contribution is 5.49. The standard InChI is InChI=1S/C15H20N4/c1-2-4-6-13(5-3-1)18-14-7-9-15(10-8-14)19-12-16-11-17-19/h7-13,18H,1-6H2. The number of aromatic nitrogens is 3. The Balaban J connectivity index is 1.65. The van der Waals surface area contributed by atoms with Gasteiger partial charge in [0.15, 0.2) is 0 Å². The first-order valence-corrected chi connectivity index (χ1v) is 7.13. The van der Waals surface area contributed by atoms with E-state index < -0.39 is 0 Å². The summed E-state index contributed by atoms with van der Waals surface area (Å²) < 4.78 is 1.77. The summed E-state index contributed by atoms with van der Waals surface area (Å²) in [5.74, 6) is 0. The van der Waals surface area contributed by atoms with Gasteiger partial charge in [-0.2, -0.15) is 5.10 Å². The molecule has 1 fully saturated rings. The molecule has 100 valence electrons.